The van der Waals surface area contributed by atoms with Crippen LogP contribution in [-0.2, 0) is 0 Å². The summed E-state index contributed by atoms with van der Waals surface area (Å²) in [6.07, 6.45) is 1.92. The van der Waals surface area contributed by atoms with Crippen LogP contribution in [0.2, 0.25) is 5.02 Å². The number of benzene rings is 1. The maximum Gasteiger partial charge on any atom is 0.276 e. The van der Waals surface area contributed by atoms with Crippen LogP contribution >= 0.6 is 11.6 Å². The standard InChI is InChI=1S/C15H16ClN3O2/c16-11-4-1-3-10(7-11)14-8-13(18-21-14)15(20)19-6-2-5-12(19)9-17/h1,3-4,7-8,12H,2,5-6,9,17H2. The van der Waals surface area contributed by atoms with Crippen molar-refractivity contribution in [3.63, 3.8) is 0 Å². The van der Waals surface area contributed by atoms with E-state index in [1.165, 1.54) is 0 Å². The summed E-state index contributed by atoms with van der Waals surface area (Å²) < 4.78 is 5.27. The highest BCUT2D eigenvalue weighted by atomic mass is 35.5. The van der Waals surface area contributed by atoms with Gasteiger partial charge in [-0.15, -0.1) is 0 Å². The molecule has 1 aliphatic rings. The van der Waals surface area contributed by atoms with Gasteiger partial charge in [0.2, 0.25) is 0 Å². The Hall–Kier alpha value is -1.85. The summed E-state index contributed by atoms with van der Waals surface area (Å²) in [5.41, 5.74) is 6.81. The molecule has 5 nitrogen and oxygen atoms in total. The fourth-order valence-corrected chi connectivity index (χ4v) is 2.84. The molecule has 0 radical (unpaired) electrons. The van der Waals surface area contributed by atoms with E-state index in [0.29, 0.717) is 23.0 Å². The summed E-state index contributed by atoms with van der Waals surface area (Å²) in [6, 6.07) is 8.99. The largest absolute Gasteiger partial charge is 0.355 e. The predicted molar refractivity (Wildman–Crippen MR) is 80.1 cm³/mol. The first kappa shape index (κ1) is 14.1. The maximum absolute atomic E-state index is 12.4. The average Bonchev–Trinajstić information content (AvgIpc) is 3.15. The van der Waals surface area contributed by atoms with E-state index in [1.807, 2.05) is 12.1 Å². The number of nitrogens with zero attached hydrogens (tertiary/aromatic N) is 2. The van der Waals surface area contributed by atoms with Gasteiger partial charge in [-0.2, -0.15) is 0 Å². The molecule has 0 spiro atoms. The van der Waals surface area contributed by atoms with Crippen LogP contribution in [0.3, 0.4) is 0 Å². The molecule has 6 heteroatoms. The van der Waals surface area contributed by atoms with Crippen molar-refractivity contribution < 1.29 is 9.32 Å². The van der Waals surface area contributed by atoms with Crippen LogP contribution in [0.1, 0.15) is 23.3 Å². The van der Waals surface area contributed by atoms with E-state index in [0.717, 1.165) is 24.9 Å². The average molecular weight is 306 g/mol. The van der Waals surface area contributed by atoms with Gasteiger partial charge in [0, 0.05) is 35.8 Å². The first-order valence-electron chi connectivity index (χ1n) is 6.92. The number of rotatable bonds is 3. The summed E-state index contributed by atoms with van der Waals surface area (Å²) in [6.45, 7) is 1.20. The van der Waals surface area contributed by atoms with Crippen molar-refractivity contribution in [3.05, 3.63) is 41.0 Å². The SMILES string of the molecule is NCC1CCCN1C(=O)c1cc(-c2cccc(Cl)c2)on1. The number of carbonyl (C=O) groups excluding carboxylic acids is 1. The summed E-state index contributed by atoms with van der Waals surface area (Å²) in [7, 11) is 0. The van der Waals surface area contributed by atoms with Crippen LogP contribution in [0.15, 0.2) is 34.9 Å². The van der Waals surface area contributed by atoms with Gasteiger partial charge < -0.3 is 15.2 Å². The van der Waals surface area contributed by atoms with Crippen LogP contribution in [0.5, 0.6) is 0 Å². The van der Waals surface area contributed by atoms with Crippen molar-refractivity contribution >= 4 is 17.5 Å². The summed E-state index contributed by atoms with van der Waals surface area (Å²) in [4.78, 5) is 14.2. The minimum Gasteiger partial charge on any atom is -0.355 e. The predicted octanol–water partition coefficient (Wildman–Crippen LogP) is 2.56. The molecular formula is C15H16ClN3O2. The van der Waals surface area contributed by atoms with Gasteiger partial charge in [-0.05, 0) is 25.0 Å². The second-order valence-corrected chi connectivity index (χ2v) is 5.55. The lowest BCUT2D eigenvalue weighted by Crippen LogP contribution is -2.40. The molecule has 0 bridgehead atoms. The van der Waals surface area contributed by atoms with Gasteiger partial charge in [0.05, 0.1) is 0 Å². The topological polar surface area (TPSA) is 72.4 Å². The van der Waals surface area contributed by atoms with E-state index in [1.54, 1.807) is 23.1 Å². The van der Waals surface area contributed by atoms with Crippen molar-refractivity contribution in [2.45, 2.75) is 18.9 Å². The zero-order valence-corrected chi connectivity index (χ0v) is 12.2. The van der Waals surface area contributed by atoms with Crippen molar-refractivity contribution in [2.75, 3.05) is 13.1 Å². The first-order valence-corrected chi connectivity index (χ1v) is 7.30. The molecule has 2 heterocycles. The van der Waals surface area contributed by atoms with E-state index >= 15 is 0 Å². The second-order valence-electron chi connectivity index (χ2n) is 5.12. The molecule has 1 atom stereocenters. The lowest BCUT2D eigenvalue weighted by atomic mass is 10.1. The molecule has 2 aromatic rings. The number of likely N-dealkylation sites (tertiary alicyclic amines) is 1. The number of nitrogens with two attached hydrogens (primary N) is 1. The third-order valence-corrected chi connectivity index (χ3v) is 3.98. The fourth-order valence-electron chi connectivity index (χ4n) is 2.65. The van der Waals surface area contributed by atoms with E-state index in [4.69, 9.17) is 21.9 Å². The minimum atomic E-state index is -0.125. The Morgan fingerprint density at radius 2 is 2.33 bits per heavy atom. The number of aromatic nitrogens is 1. The van der Waals surface area contributed by atoms with E-state index in [2.05, 4.69) is 5.16 Å². The highest BCUT2D eigenvalue weighted by Crippen LogP contribution is 2.25. The summed E-state index contributed by atoms with van der Waals surface area (Å²) >= 11 is 5.95. The minimum absolute atomic E-state index is 0.101. The highest BCUT2D eigenvalue weighted by Gasteiger charge is 2.30. The van der Waals surface area contributed by atoms with Crippen LogP contribution in [-0.4, -0.2) is 35.1 Å². The molecule has 1 fully saturated rings. The molecule has 2 N–H and O–H groups in total. The molecule has 1 aliphatic heterocycles. The van der Waals surface area contributed by atoms with E-state index in [9.17, 15) is 4.79 Å². The molecular weight excluding hydrogens is 290 g/mol. The van der Waals surface area contributed by atoms with Gasteiger partial charge >= 0.3 is 0 Å². The van der Waals surface area contributed by atoms with Gasteiger partial charge in [-0.1, -0.05) is 28.9 Å². The Bertz CT molecular complexity index is 656. The van der Waals surface area contributed by atoms with Gasteiger partial charge in [0.15, 0.2) is 11.5 Å². The number of hydrogen-bond donors (Lipinski definition) is 1. The van der Waals surface area contributed by atoms with Crippen molar-refractivity contribution in [1.82, 2.24) is 10.1 Å². The molecule has 1 saturated heterocycles. The number of amides is 1. The summed E-state index contributed by atoms with van der Waals surface area (Å²) in [5, 5.41) is 4.50. The first-order chi connectivity index (χ1) is 10.2. The van der Waals surface area contributed by atoms with Crippen LogP contribution in [0.25, 0.3) is 11.3 Å². The molecule has 1 unspecified atom stereocenters. The zero-order chi connectivity index (χ0) is 14.8. The lowest BCUT2D eigenvalue weighted by Gasteiger charge is -2.21. The Morgan fingerprint density at radius 3 is 3.10 bits per heavy atom. The Labute approximate surface area is 127 Å². The maximum atomic E-state index is 12.4. The third kappa shape index (κ3) is 2.80. The van der Waals surface area contributed by atoms with Crippen LogP contribution in [0, 0.1) is 0 Å². The van der Waals surface area contributed by atoms with Crippen molar-refractivity contribution in [3.8, 4) is 11.3 Å². The quantitative estimate of drug-likeness (QED) is 0.946. The van der Waals surface area contributed by atoms with Gasteiger partial charge in [0.25, 0.3) is 5.91 Å². The van der Waals surface area contributed by atoms with E-state index < -0.39 is 0 Å². The number of carbonyl (C=O) groups is 1. The third-order valence-electron chi connectivity index (χ3n) is 3.75. The molecule has 0 aliphatic carbocycles. The molecule has 110 valence electrons. The lowest BCUT2D eigenvalue weighted by molar-refractivity contribution is 0.0731. The number of halogens is 1. The molecule has 3 rings (SSSR count). The van der Waals surface area contributed by atoms with Gasteiger partial charge in [-0.25, -0.2) is 0 Å². The van der Waals surface area contributed by atoms with Crippen LogP contribution in [0.4, 0.5) is 0 Å². The molecule has 0 saturated carbocycles. The highest BCUT2D eigenvalue weighted by molar-refractivity contribution is 6.30. The number of hydrogen-bond acceptors (Lipinski definition) is 4. The zero-order valence-electron chi connectivity index (χ0n) is 11.5. The van der Waals surface area contributed by atoms with Gasteiger partial charge in [0.1, 0.15) is 0 Å². The van der Waals surface area contributed by atoms with Crippen molar-refractivity contribution in [1.29, 1.82) is 0 Å². The van der Waals surface area contributed by atoms with E-state index in [-0.39, 0.29) is 11.9 Å². The Morgan fingerprint density at radius 1 is 1.48 bits per heavy atom. The van der Waals surface area contributed by atoms with Crippen molar-refractivity contribution in [2.24, 2.45) is 5.73 Å². The monoisotopic (exact) mass is 305 g/mol. The summed E-state index contributed by atoms with van der Waals surface area (Å²) in [5.74, 6) is 0.407. The Kier molecular flexibility index (Phi) is 3.94. The van der Waals surface area contributed by atoms with Gasteiger partial charge in [-0.3, -0.25) is 4.79 Å². The van der Waals surface area contributed by atoms with Crippen LogP contribution < -0.4 is 5.73 Å². The Balaban J connectivity index is 1.83. The molecule has 1 aromatic carbocycles. The molecule has 21 heavy (non-hydrogen) atoms. The molecule has 1 amide bonds. The smallest absolute Gasteiger partial charge is 0.276 e. The normalized spacial score (nSPS) is 18.2. The second kappa shape index (κ2) is 5.87. The molecule has 1 aromatic heterocycles. The fraction of sp³-hybridized carbons (Fsp3) is 0.333.